The number of fused-ring (bicyclic) bond motifs is 1. The van der Waals surface area contributed by atoms with Gasteiger partial charge in [-0.2, -0.15) is 0 Å². The molecule has 0 aliphatic carbocycles. The first-order valence-corrected chi connectivity index (χ1v) is 11.1. The first kappa shape index (κ1) is 23.6. The normalized spacial score (nSPS) is 10.7. The van der Waals surface area contributed by atoms with Crippen LogP contribution in [0.25, 0.3) is 10.9 Å². The average Bonchev–Trinajstić information content (AvgIpc) is 3.17. The monoisotopic (exact) mass is 514 g/mol. The van der Waals surface area contributed by atoms with E-state index >= 15 is 0 Å². The highest BCUT2D eigenvalue weighted by atomic mass is 35.5. The number of nitrogens with zero attached hydrogens (tertiary/aromatic N) is 1. The van der Waals surface area contributed by atoms with Crippen molar-refractivity contribution in [1.82, 2.24) is 9.99 Å². The summed E-state index contributed by atoms with van der Waals surface area (Å²) >= 11 is 17.8. The lowest BCUT2D eigenvalue weighted by Gasteiger charge is -2.13. The van der Waals surface area contributed by atoms with E-state index in [0.717, 1.165) is 5.56 Å². The SMILES string of the molecule is O=C(NCc1ccc(Cl)cc1)C(=O)Nn1c(C(=O)Nc2ccc(Cl)cc2)cc2cc(Cl)ccc21. The molecular weight excluding hydrogens is 499 g/mol. The number of carbonyl (C=O) groups excluding carboxylic acids is 3. The Morgan fingerprint density at radius 3 is 2.03 bits per heavy atom. The van der Waals surface area contributed by atoms with E-state index in [2.05, 4.69) is 16.1 Å². The topological polar surface area (TPSA) is 92.2 Å². The fourth-order valence-corrected chi connectivity index (χ4v) is 3.65. The van der Waals surface area contributed by atoms with Gasteiger partial charge < -0.3 is 10.6 Å². The van der Waals surface area contributed by atoms with Crippen LogP contribution in [0.15, 0.2) is 72.8 Å². The third kappa shape index (κ3) is 5.51. The van der Waals surface area contributed by atoms with E-state index in [1.807, 2.05) is 0 Å². The molecular formula is C24H17Cl3N4O3. The van der Waals surface area contributed by atoms with Crippen molar-refractivity contribution in [3.63, 3.8) is 0 Å². The third-order valence-electron chi connectivity index (χ3n) is 4.88. The second-order valence-electron chi connectivity index (χ2n) is 7.28. The number of hydrogen-bond acceptors (Lipinski definition) is 3. The molecule has 0 saturated carbocycles. The standard InChI is InChI=1S/C24H17Cl3N4O3/c25-16-3-1-14(2-4-16)13-28-23(33)24(34)30-31-20-10-7-18(27)11-15(20)12-21(31)22(32)29-19-8-5-17(26)6-9-19/h1-12H,13H2,(H,28,33)(H,29,32)(H,30,34). The minimum atomic E-state index is -0.943. The van der Waals surface area contributed by atoms with Crippen LogP contribution in [0.1, 0.15) is 16.1 Å². The summed E-state index contributed by atoms with van der Waals surface area (Å²) in [4.78, 5) is 38.0. The van der Waals surface area contributed by atoms with Crippen molar-refractivity contribution >= 4 is 69.1 Å². The lowest BCUT2D eigenvalue weighted by molar-refractivity contribution is -0.136. The Morgan fingerprint density at radius 2 is 1.35 bits per heavy atom. The van der Waals surface area contributed by atoms with Crippen molar-refractivity contribution in [2.24, 2.45) is 0 Å². The molecule has 0 fully saturated rings. The molecule has 0 aliphatic rings. The van der Waals surface area contributed by atoms with Crippen molar-refractivity contribution in [2.75, 3.05) is 10.7 Å². The van der Waals surface area contributed by atoms with Gasteiger partial charge in [0.15, 0.2) is 0 Å². The minimum Gasteiger partial charge on any atom is -0.344 e. The Labute approximate surface area is 209 Å². The van der Waals surface area contributed by atoms with Crippen LogP contribution in [-0.2, 0) is 16.1 Å². The molecule has 4 rings (SSSR count). The predicted octanol–water partition coefficient (Wildman–Crippen LogP) is 5.24. The summed E-state index contributed by atoms with van der Waals surface area (Å²) in [5.74, 6) is -2.31. The molecule has 3 N–H and O–H groups in total. The van der Waals surface area contributed by atoms with Gasteiger partial charge in [0.25, 0.3) is 5.91 Å². The summed E-state index contributed by atoms with van der Waals surface area (Å²) in [5.41, 5.74) is 4.37. The second-order valence-corrected chi connectivity index (χ2v) is 8.59. The van der Waals surface area contributed by atoms with Crippen molar-refractivity contribution in [3.05, 3.63) is 99.1 Å². The van der Waals surface area contributed by atoms with E-state index in [1.165, 1.54) is 4.68 Å². The zero-order chi connectivity index (χ0) is 24.2. The largest absolute Gasteiger partial charge is 0.344 e. The summed E-state index contributed by atoms with van der Waals surface area (Å²) in [5, 5.41) is 7.44. The van der Waals surface area contributed by atoms with Crippen LogP contribution >= 0.6 is 34.8 Å². The summed E-state index contributed by atoms with van der Waals surface area (Å²) in [6.45, 7) is 0.134. The molecule has 0 radical (unpaired) electrons. The van der Waals surface area contributed by atoms with Gasteiger partial charge in [-0.15, -0.1) is 0 Å². The molecule has 0 saturated heterocycles. The van der Waals surface area contributed by atoms with Gasteiger partial charge >= 0.3 is 11.8 Å². The number of benzene rings is 3. The van der Waals surface area contributed by atoms with E-state index in [-0.39, 0.29) is 12.2 Å². The summed E-state index contributed by atoms with van der Waals surface area (Å²) in [6, 6.07) is 19.9. The Kier molecular flexibility index (Phi) is 7.07. The van der Waals surface area contributed by atoms with Crippen LogP contribution in [0.3, 0.4) is 0 Å². The molecule has 34 heavy (non-hydrogen) atoms. The molecule has 7 nitrogen and oxygen atoms in total. The fraction of sp³-hybridized carbons (Fsp3) is 0.0417. The minimum absolute atomic E-state index is 0.103. The quantitative estimate of drug-likeness (QED) is 0.317. The van der Waals surface area contributed by atoms with E-state index in [9.17, 15) is 14.4 Å². The van der Waals surface area contributed by atoms with Crippen molar-refractivity contribution in [1.29, 1.82) is 0 Å². The highest BCUT2D eigenvalue weighted by Gasteiger charge is 2.21. The van der Waals surface area contributed by atoms with Gasteiger partial charge in [-0.3, -0.25) is 19.8 Å². The number of aromatic nitrogens is 1. The molecule has 3 amide bonds. The summed E-state index contributed by atoms with van der Waals surface area (Å²) < 4.78 is 1.25. The lowest BCUT2D eigenvalue weighted by atomic mass is 10.2. The molecule has 0 aliphatic heterocycles. The van der Waals surface area contributed by atoms with Crippen LogP contribution < -0.4 is 16.1 Å². The van der Waals surface area contributed by atoms with Crippen molar-refractivity contribution in [3.8, 4) is 0 Å². The molecule has 4 aromatic rings. The number of hydrogen-bond donors (Lipinski definition) is 3. The Hall–Kier alpha value is -3.52. The van der Waals surface area contributed by atoms with Crippen LogP contribution in [0, 0.1) is 0 Å². The molecule has 0 bridgehead atoms. The Balaban J connectivity index is 1.55. The highest BCUT2D eigenvalue weighted by molar-refractivity contribution is 6.38. The predicted molar refractivity (Wildman–Crippen MR) is 134 cm³/mol. The molecule has 0 atom stereocenters. The second kappa shape index (κ2) is 10.2. The van der Waals surface area contributed by atoms with Gasteiger partial charge in [0, 0.05) is 32.7 Å². The van der Waals surface area contributed by atoms with E-state index in [1.54, 1.807) is 72.8 Å². The number of rotatable bonds is 5. The van der Waals surface area contributed by atoms with Crippen molar-refractivity contribution in [2.45, 2.75) is 6.54 Å². The number of carbonyl (C=O) groups is 3. The molecule has 0 unspecified atom stereocenters. The zero-order valence-corrected chi connectivity index (χ0v) is 19.7. The van der Waals surface area contributed by atoms with Crippen molar-refractivity contribution < 1.29 is 14.4 Å². The zero-order valence-electron chi connectivity index (χ0n) is 17.4. The van der Waals surface area contributed by atoms with Gasteiger partial charge in [-0.25, -0.2) is 4.68 Å². The fourth-order valence-electron chi connectivity index (χ4n) is 3.22. The van der Waals surface area contributed by atoms with Gasteiger partial charge in [0.2, 0.25) is 0 Å². The first-order chi connectivity index (χ1) is 16.3. The first-order valence-electron chi connectivity index (χ1n) is 10.0. The smallest absolute Gasteiger partial charge is 0.328 e. The Morgan fingerprint density at radius 1 is 0.735 bits per heavy atom. The van der Waals surface area contributed by atoms with Crippen LogP contribution in [0.5, 0.6) is 0 Å². The maximum Gasteiger partial charge on any atom is 0.328 e. The van der Waals surface area contributed by atoms with E-state index in [4.69, 9.17) is 34.8 Å². The molecule has 172 valence electrons. The van der Waals surface area contributed by atoms with Gasteiger partial charge in [0.1, 0.15) is 5.69 Å². The summed E-state index contributed by atoms with van der Waals surface area (Å²) in [6.07, 6.45) is 0. The van der Waals surface area contributed by atoms with Crippen LogP contribution in [0.4, 0.5) is 5.69 Å². The van der Waals surface area contributed by atoms with Gasteiger partial charge in [-0.05, 0) is 66.2 Å². The molecule has 3 aromatic carbocycles. The third-order valence-corrected chi connectivity index (χ3v) is 5.62. The Bertz CT molecular complexity index is 1380. The molecule has 0 spiro atoms. The highest BCUT2D eigenvalue weighted by Crippen LogP contribution is 2.24. The maximum atomic E-state index is 13.0. The number of amides is 3. The number of anilines is 1. The van der Waals surface area contributed by atoms with E-state index in [0.29, 0.717) is 31.7 Å². The molecule has 10 heteroatoms. The number of halogens is 3. The van der Waals surface area contributed by atoms with Crippen LogP contribution in [-0.4, -0.2) is 22.4 Å². The molecule has 1 heterocycles. The van der Waals surface area contributed by atoms with Crippen LogP contribution in [0.2, 0.25) is 15.1 Å². The van der Waals surface area contributed by atoms with E-state index < -0.39 is 17.7 Å². The lowest BCUT2D eigenvalue weighted by Crippen LogP contribution is -2.39. The maximum absolute atomic E-state index is 13.0. The average molecular weight is 516 g/mol. The molecule has 1 aromatic heterocycles. The number of nitrogens with one attached hydrogen (secondary N) is 3. The summed E-state index contributed by atoms with van der Waals surface area (Å²) in [7, 11) is 0. The van der Waals surface area contributed by atoms with Gasteiger partial charge in [-0.1, -0.05) is 46.9 Å². The van der Waals surface area contributed by atoms with Gasteiger partial charge in [0.05, 0.1) is 5.52 Å².